The first-order chi connectivity index (χ1) is 14.4. The van der Waals surface area contributed by atoms with Gasteiger partial charge in [0.2, 0.25) is 5.95 Å². The van der Waals surface area contributed by atoms with E-state index in [1.54, 1.807) is 4.90 Å². The third-order valence-corrected chi connectivity index (χ3v) is 5.38. The average Bonchev–Trinajstić information content (AvgIpc) is 3.44. The topological polar surface area (TPSA) is 71.0 Å². The molecule has 0 bridgehead atoms. The van der Waals surface area contributed by atoms with Gasteiger partial charge in [-0.2, -0.15) is 13.2 Å². The van der Waals surface area contributed by atoms with Crippen molar-refractivity contribution >= 4 is 33.4 Å². The van der Waals surface area contributed by atoms with Crippen molar-refractivity contribution < 1.29 is 18.0 Å². The Morgan fingerprint density at radius 3 is 2.53 bits per heavy atom. The lowest BCUT2D eigenvalue weighted by atomic mass is 10.2. The maximum absolute atomic E-state index is 12.8. The molecule has 0 unspecified atom stereocenters. The molecule has 3 aromatic rings. The number of rotatable bonds is 4. The Bertz CT molecular complexity index is 998. The van der Waals surface area contributed by atoms with E-state index in [1.807, 2.05) is 25.3 Å². The van der Waals surface area contributed by atoms with Gasteiger partial charge in [0, 0.05) is 25.8 Å². The Balaban J connectivity index is 0.00000124. The monoisotopic (exact) mass is 437 g/mol. The first-order valence-corrected chi connectivity index (χ1v) is 10.6. The lowest BCUT2D eigenvalue weighted by Gasteiger charge is -2.15. The molecule has 3 aromatic heterocycles. The largest absolute Gasteiger partial charge is 0.433 e. The number of alkyl halides is 3. The molecule has 1 N–H and O–H groups in total. The summed E-state index contributed by atoms with van der Waals surface area (Å²) in [5.41, 5.74) is 0.630. The Labute approximate surface area is 176 Å². The quantitative estimate of drug-likeness (QED) is 0.623. The smallest absolute Gasteiger partial charge is 0.350 e. The first-order valence-electron chi connectivity index (χ1n) is 9.72. The van der Waals surface area contributed by atoms with Gasteiger partial charge in [-0.05, 0) is 35.9 Å². The summed E-state index contributed by atoms with van der Waals surface area (Å²) in [6, 6.07) is 4.10. The third kappa shape index (κ3) is 4.86. The highest BCUT2D eigenvalue weighted by molar-refractivity contribution is 7.17. The van der Waals surface area contributed by atoms with Gasteiger partial charge in [-0.1, -0.05) is 19.9 Å². The summed E-state index contributed by atoms with van der Waals surface area (Å²) >= 11 is 1.41. The molecule has 0 radical (unpaired) electrons. The van der Waals surface area contributed by atoms with Crippen molar-refractivity contribution in [1.29, 1.82) is 0 Å². The van der Waals surface area contributed by atoms with E-state index in [1.165, 1.54) is 17.4 Å². The summed E-state index contributed by atoms with van der Waals surface area (Å²) in [6.07, 6.45) is -1.34. The number of nitrogens with one attached hydrogen (secondary N) is 1. The summed E-state index contributed by atoms with van der Waals surface area (Å²) in [7, 11) is 0. The van der Waals surface area contributed by atoms with Crippen molar-refractivity contribution in [2.24, 2.45) is 0 Å². The fraction of sp³-hybridized carbons (Fsp3) is 0.400. The minimum absolute atomic E-state index is 0.119. The summed E-state index contributed by atoms with van der Waals surface area (Å²) in [5.74, 6) is 0.139. The van der Waals surface area contributed by atoms with Crippen LogP contribution in [0.4, 0.5) is 19.1 Å². The first kappa shape index (κ1) is 21.9. The highest BCUT2D eigenvalue weighted by atomic mass is 32.1. The number of hydrogen-bond acceptors (Lipinski definition) is 6. The van der Waals surface area contributed by atoms with Gasteiger partial charge >= 0.3 is 6.18 Å². The number of aromatic nitrogens is 3. The van der Waals surface area contributed by atoms with Crippen LogP contribution in [0.5, 0.6) is 0 Å². The van der Waals surface area contributed by atoms with Crippen LogP contribution < -0.4 is 5.32 Å². The molecule has 1 aliphatic heterocycles. The van der Waals surface area contributed by atoms with E-state index in [-0.39, 0.29) is 18.4 Å². The maximum atomic E-state index is 12.8. The molecule has 4 rings (SSSR count). The van der Waals surface area contributed by atoms with Gasteiger partial charge < -0.3 is 10.2 Å². The number of fused-ring (bicyclic) bond motifs is 1. The van der Waals surface area contributed by atoms with E-state index in [9.17, 15) is 18.0 Å². The van der Waals surface area contributed by atoms with Crippen LogP contribution in [0.2, 0.25) is 0 Å². The number of nitrogens with zero attached hydrogens (tertiary/aromatic N) is 4. The van der Waals surface area contributed by atoms with Crippen LogP contribution in [0.1, 0.15) is 48.4 Å². The number of anilines is 1. The second kappa shape index (κ2) is 9.38. The lowest BCUT2D eigenvalue weighted by molar-refractivity contribution is -0.141. The molecule has 6 nitrogen and oxygen atoms in total. The lowest BCUT2D eigenvalue weighted by Crippen LogP contribution is -2.28. The number of hydrogen-bond donors (Lipinski definition) is 1. The Hall–Kier alpha value is -2.75. The second-order valence-electron chi connectivity index (χ2n) is 6.43. The number of thiophene rings is 1. The summed E-state index contributed by atoms with van der Waals surface area (Å²) in [6.45, 7) is 5.63. The zero-order chi connectivity index (χ0) is 21.7. The molecule has 160 valence electrons. The summed E-state index contributed by atoms with van der Waals surface area (Å²) < 4.78 is 38.5. The van der Waals surface area contributed by atoms with E-state index in [2.05, 4.69) is 20.3 Å². The predicted molar refractivity (Wildman–Crippen MR) is 110 cm³/mol. The molecule has 0 saturated carbocycles. The highest BCUT2D eigenvalue weighted by Crippen LogP contribution is 2.28. The number of carbonyl (C=O) groups excluding carboxylic acids is 1. The van der Waals surface area contributed by atoms with Crippen LogP contribution in [0.15, 0.2) is 29.8 Å². The Morgan fingerprint density at radius 2 is 1.90 bits per heavy atom. The van der Waals surface area contributed by atoms with Gasteiger partial charge in [-0.25, -0.2) is 9.97 Å². The van der Waals surface area contributed by atoms with E-state index >= 15 is 0 Å². The molecule has 0 atom stereocenters. The molecule has 0 aliphatic carbocycles. The van der Waals surface area contributed by atoms with Crippen molar-refractivity contribution in [3.8, 4) is 0 Å². The van der Waals surface area contributed by atoms with Crippen molar-refractivity contribution in [3.63, 3.8) is 0 Å². The van der Waals surface area contributed by atoms with Crippen LogP contribution in [0.3, 0.4) is 0 Å². The molecule has 10 heteroatoms. The summed E-state index contributed by atoms with van der Waals surface area (Å²) in [4.78, 5) is 26.8. The van der Waals surface area contributed by atoms with Gasteiger partial charge in [0.05, 0.1) is 10.2 Å². The number of likely N-dealkylation sites (tertiary alicyclic amines) is 1. The van der Waals surface area contributed by atoms with Crippen molar-refractivity contribution in [2.45, 2.75) is 39.4 Å². The molecule has 1 saturated heterocycles. The molecule has 1 amide bonds. The zero-order valence-corrected chi connectivity index (χ0v) is 17.5. The molecular weight excluding hydrogens is 415 g/mol. The molecule has 30 heavy (non-hydrogen) atoms. The fourth-order valence-corrected chi connectivity index (χ4v) is 3.85. The van der Waals surface area contributed by atoms with Crippen LogP contribution >= 0.6 is 11.3 Å². The number of halogens is 3. The van der Waals surface area contributed by atoms with E-state index in [0.29, 0.717) is 16.8 Å². The fourth-order valence-electron chi connectivity index (χ4n) is 3.04. The van der Waals surface area contributed by atoms with Gasteiger partial charge in [0.25, 0.3) is 5.91 Å². The zero-order valence-electron chi connectivity index (χ0n) is 16.7. The number of pyridine rings is 1. The third-order valence-electron chi connectivity index (χ3n) is 4.47. The Kier molecular flexibility index (Phi) is 6.86. The molecule has 1 aliphatic rings. The second-order valence-corrected chi connectivity index (χ2v) is 7.35. The normalized spacial score (nSPS) is 13.8. The van der Waals surface area contributed by atoms with Gasteiger partial charge in [0.15, 0.2) is 5.69 Å². The maximum Gasteiger partial charge on any atom is 0.433 e. The Morgan fingerprint density at radius 1 is 1.17 bits per heavy atom. The minimum Gasteiger partial charge on any atom is -0.350 e. The SMILES string of the molecule is CC.O=C(c1nc(NCc2ccc(C(F)(F)F)nc2)nc2ccsc12)N1CCCC1. The van der Waals surface area contributed by atoms with Gasteiger partial charge in [-0.15, -0.1) is 11.3 Å². The van der Waals surface area contributed by atoms with Crippen molar-refractivity contribution in [1.82, 2.24) is 19.9 Å². The molecule has 4 heterocycles. The van der Waals surface area contributed by atoms with Crippen LogP contribution in [0, 0.1) is 0 Å². The predicted octanol–water partition coefficient (Wildman–Crippen LogP) is 4.98. The van der Waals surface area contributed by atoms with Crippen molar-refractivity contribution in [2.75, 3.05) is 18.4 Å². The van der Waals surface area contributed by atoms with Gasteiger partial charge in [-0.3, -0.25) is 9.78 Å². The number of amides is 1. The van der Waals surface area contributed by atoms with Crippen LogP contribution in [-0.4, -0.2) is 38.8 Å². The summed E-state index contributed by atoms with van der Waals surface area (Å²) in [5, 5.41) is 4.83. The molecule has 0 aromatic carbocycles. The highest BCUT2D eigenvalue weighted by Gasteiger charge is 2.32. The van der Waals surface area contributed by atoms with Crippen molar-refractivity contribution in [3.05, 3.63) is 46.7 Å². The van der Waals surface area contributed by atoms with Gasteiger partial charge in [0.1, 0.15) is 5.69 Å². The average molecular weight is 437 g/mol. The van der Waals surface area contributed by atoms with E-state index in [4.69, 9.17) is 0 Å². The van der Waals surface area contributed by atoms with Crippen LogP contribution in [-0.2, 0) is 12.7 Å². The standard InChI is InChI=1S/C18H16F3N5OS.C2H6/c19-18(20,21)13-4-3-11(9-22-13)10-23-17-24-12-5-8-28-15(12)14(25-17)16(27)26-6-1-2-7-26;1-2/h3-5,8-9H,1-2,6-7,10H2,(H,23,24,25);1-2H3. The van der Waals surface area contributed by atoms with E-state index in [0.717, 1.165) is 42.9 Å². The molecule has 1 fully saturated rings. The molecule has 0 spiro atoms. The number of carbonyl (C=O) groups is 1. The van der Waals surface area contributed by atoms with Crippen LogP contribution in [0.25, 0.3) is 10.2 Å². The minimum atomic E-state index is -4.47. The van der Waals surface area contributed by atoms with E-state index < -0.39 is 11.9 Å². The molecular formula is C20H22F3N5OS.